The zero-order valence-corrected chi connectivity index (χ0v) is 12.2. The highest BCUT2D eigenvalue weighted by Crippen LogP contribution is 2.19. The number of benzene rings is 1. The third-order valence-corrected chi connectivity index (χ3v) is 4.91. The van der Waals surface area contributed by atoms with Crippen LogP contribution in [0.15, 0.2) is 17.0 Å². The normalized spacial score (nSPS) is 16.5. The molecule has 1 aliphatic rings. The molecule has 1 heterocycles. The molecule has 0 aliphatic carbocycles. The molecule has 0 radical (unpaired) electrons. The summed E-state index contributed by atoms with van der Waals surface area (Å²) < 4.78 is 65.2. The summed E-state index contributed by atoms with van der Waals surface area (Å²) in [6, 6.07) is 1.31. The molecule has 1 saturated heterocycles. The van der Waals surface area contributed by atoms with Crippen molar-refractivity contribution >= 4 is 10.0 Å². The lowest BCUT2D eigenvalue weighted by Gasteiger charge is -2.14. The van der Waals surface area contributed by atoms with Crippen LogP contribution in [0.3, 0.4) is 0 Å². The first-order valence-electron chi connectivity index (χ1n) is 6.77. The van der Waals surface area contributed by atoms with Crippen molar-refractivity contribution in [3.8, 4) is 0 Å². The van der Waals surface area contributed by atoms with Crippen molar-refractivity contribution in [2.45, 2.75) is 24.2 Å². The lowest BCUT2D eigenvalue weighted by Crippen LogP contribution is -2.29. The second-order valence-electron chi connectivity index (χ2n) is 4.97. The van der Waals surface area contributed by atoms with Crippen molar-refractivity contribution in [2.24, 2.45) is 0 Å². The molecule has 2 rings (SSSR count). The van der Waals surface area contributed by atoms with Gasteiger partial charge >= 0.3 is 0 Å². The van der Waals surface area contributed by atoms with E-state index in [2.05, 4.69) is 9.62 Å². The topological polar surface area (TPSA) is 49.4 Å². The predicted molar refractivity (Wildman–Crippen MR) is 71.8 cm³/mol. The van der Waals surface area contributed by atoms with Crippen LogP contribution >= 0.6 is 0 Å². The van der Waals surface area contributed by atoms with E-state index in [4.69, 9.17) is 0 Å². The molecule has 0 saturated carbocycles. The van der Waals surface area contributed by atoms with Gasteiger partial charge in [-0.3, -0.25) is 0 Å². The molecule has 0 unspecified atom stereocenters. The molecule has 0 aromatic heterocycles. The van der Waals surface area contributed by atoms with Crippen LogP contribution in [0.2, 0.25) is 0 Å². The van der Waals surface area contributed by atoms with Crippen LogP contribution in [0.4, 0.5) is 13.2 Å². The number of hydrogen-bond donors (Lipinski definition) is 1. The molecular formula is C13H17F3N2O2S. The van der Waals surface area contributed by atoms with E-state index in [1.54, 1.807) is 0 Å². The molecule has 0 bridgehead atoms. The van der Waals surface area contributed by atoms with Crippen molar-refractivity contribution in [3.05, 3.63) is 29.6 Å². The highest BCUT2D eigenvalue weighted by molar-refractivity contribution is 7.89. The minimum Gasteiger partial charge on any atom is -0.303 e. The fourth-order valence-corrected chi connectivity index (χ4v) is 3.45. The van der Waals surface area contributed by atoms with Gasteiger partial charge in [0.25, 0.3) is 0 Å². The number of hydrogen-bond acceptors (Lipinski definition) is 3. The fourth-order valence-electron chi connectivity index (χ4n) is 2.31. The van der Waals surface area contributed by atoms with Crippen molar-refractivity contribution in [2.75, 3.05) is 26.2 Å². The minimum atomic E-state index is -4.18. The van der Waals surface area contributed by atoms with Gasteiger partial charge in [-0.25, -0.2) is 26.3 Å². The van der Waals surface area contributed by atoms with E-state index >= 15 is 0 Å². The Morgan fingerprint density at radius 3 is 2.43 bits per heavy atom. The van der Waals surface area contributed by atoms with Crippen molar-refractivity contribution in [1.29, 1.82) is 0 Å². The first kappa shape index (κ1) is 16.3. The summed E-state index contributed by atoms with van der Waals surface area (Å²) in [5.41, 5.74) is 0. The molecular weight excluding hydrogens is 305 g/mol. The SMILES string of the molecule is O=S(=O)(NCCCN1CCCC1)c1ccc(F)c(F)c1F. The van der Waals surface area contributed by atoms with Gasteiger partial charge in [0, 0.05) is 6.54 Å². The standard InChI is InChI=1S/C13H17F3N2O2S/c14-10-4-5-11(13(16)12(10)15)21(19,20)17-6-3-9-18-7-1-2-8-18/h4-5,17H,1-3,6-9H2. The van der Waals surface area contributed by atoms with E-state index < -0.39 is 32.4 Å². The van der Waals surface area contributed by atoms with Crippen LogP contribution in [-0.4, -0.2) is 39.5 Å². The van der Waals surface area contributed by atoms with Crippen molar-refractivity contribution in [3.63, 3.8) is 0 Å². The van der Waals surface area contributed by atoms with E-state index in [9.17, 15) is 21.6 Å². The quantitative estimate of drug-likeness (QED) is 0.642. The van der Waals surface area contributed by atoms with Crippen molar-refractivity contribution < 1.29 is 21.6 Å². The van der Waals surface area contributed by atoms with E-state index in [0.717, 1.165) is 38.5 Å². The van der Waals surface area contributed by atoms with Gasteiger partial charge in [0.15, 0.2) is 17.5 Å². The zero-order valence-electron chi connectivity index (χ0n) is 11.4. The highest BCUT2D eigenvalue weighted by Gasteiger charge is 2.23. The monoisotopic (exact) mass is 322 g/mol. The third kappa shape index (κ3) is 3.96. The second kappa shape index (κ2) is 6.76. The van der Waals surface area contributed by atoms with Crippen LogP contribution in [0.1, 0.15) is 19.3 Å². The van der Waals surface area contributed by atoms with Crippen LogP contribution in [-0.2, 0) is 10.0 Å². The average Bonchev–Trinajstić information content (AvgIpc) is 2.94. The molecule has 0 amide bonds. The van der Waals surface area contributed by atoms with Gasteiger partial charge in [0.2, 0.25) is 10.0 Å². The Hall–Kier alpha value is -1.12. The lowest BCUT2D eigenvalue weighted by atomic mass is 10.3. The lowest BCUT2D eigenvalue weighted by molar-refractivity contribution is 0.334. The second-order valence-corrected chi connectivity index (χ2v) is 6.71. The Balaban J connectivity index is 1.93. The summed E-state index contributed by atoms with van der Waals surface area (Å²) in [7, 11) is -4.18. The summed E-state index contributed by atoms with van der Waals surface area (Å²) in [6.07, 6.45) is 2.86. The number of rotatable bonds is 6. The number of likely N-dealkylation sites (tertiary alicyclic amines) is 1. The fraction of sp³-hybridized carbons (Fsp3) is 0.538. The van der Waals surface area contributed by atoms with E-state index in [1.807, 2.05) is 0 Å². The van der Waals surface area contributed by atoms with Crippen LogP contribution in [0.5, 0.6) is 0 Å². The largest absolute Gasteiger partial charge is 0.303 e. The smallest absolute Gasteiger partial charge is 0.243 e. The Labute approximate surface area is 122 Å². The Kier molecular flexibility index (Phi) is 5.23. The Bertz CT molecular complexity index is 602. The third-order valence-electron chi connectivity index (χ3n) is 3.43. The summed E-state index contributed by atoms with van der Waals surface area (Å²) in [5, 5.41) is 0. The molecule has 8 heteroatoms. The van der Waals surface area contributed by atoms with E-state index in [1.165, 1.54) is 0 Å². The van der Waals surface area contributed by atoms with Gasteiger partial charge in [-0.2, -0.15) is 0 Å². The maximum Gasteiger partial charge on any atom is 0.243 e. The molecule has 1 aromatic rings. The first-order valence-corrected chi connectivity index (χ1v) is 8.25. The molecule has 4 nitrogen and oxygen atoms in total. The van der Waals surface area contributed by atoms with Gasteiger partial charge in [-0.05, 0) is 51.0 Å². The summed E-state index contributed by atoms with van der Waals surface area (Å²) >= 11 is 0. The highest BCUT2D eigenvalue weighted by atomic mass is 32.2. The van der Waals surface area contributed by atoms with E-state index in [0.29, 0.717) is 12.5 Å². The molecule has 0 spiro atoms. The zero-order chi connectivity index (χ0) is 15.5. The molecule has 1 aliphatic heterocycles. The van der Waals surface area contributed by atoms with Crippen LogP contribution in [0, 0.1) is 17.5 Å². The Morgan fingerprint density at radius 1 is 1.10 bits per heavy atom. The molecule has 21 heavy (non-hydrogen) atoms. The van der Waals surface area contributed by atoms with Gasteiger partial charge in [-0.1, -0.05) is 0 Å². The molecule has 1 aromatic carbocycles. The summed E-state index contributed by atoms with van der Waals surface area (Å²) in [5.74, 6) is -4.89. The maximum atomic E-state index is 13.5. The Morgan fingerprint density at radius 2 is 1.76 bits per heavy atom. The number of halogens is 3. The molecule has 118 valence electrons. The van der Waals surface area contributed by atoms with Crippen molar-refractivity contribution in [1.82, 2.24) is 9.62 Å². The first-order chi connectivity index (χ1) is 9.92. The molecule has 0 atom stereocenters. The van der Waals surface area contributed by atoms with Gasteiger partial charge in [0.05, 0.1) is 0 Å². The predicted octanol–water partition coefficient (Wildman–Crippen LogP) is 1.87. The molecule has 1 N–H and O–H groups in total. The number of nitrogens with one attached hydrogen (secondary N) is 1. The molecule has 1 fully saturated rings. The average molecular weight is 322 g/mol. The van der Waals surface area contributed by atoms with Crippen LogP contribution in [0.25, 0.3) is 0 Å². The maximum absolute atomic E-state index is 13.5. The van der Waals surface area contributed by atoms with Gasteiger partial charge in [-0.15, -0.1) is 0 Å². The minimum absolute atomic E-state index is 0.122. The summed E-state index contributed by atoms with van der Waals surface area (Å²) in [4.78, 5) is 1.34. The van der Waals surface area contributed by atoms with Gasteiger partial charge in [0.1, 0.15) is 4.90 Å². The van der Waals surface area contributed by atoms with Crippen LogP contribution < -0.4 is 4.72 Å². The number of nitrogens with zero attached hydrogens (tertiary/aromatic N) is 1. The summed E-state index contributed by atoms with van der Waals surface area (Å²) in [6.45, 7) is 2.88. The van der Waals surface area contributed by atoms with Gasteiger partial charge < -0.3 is 4.90 Å². The van der Waals surface area contributed by atoms with E-state index in [-0.39, 0.29) is 6.54 Å². The number of sulfonamides is 1.